The summed E-state index contributed by atoms with van der Waals surface area (Å²) < 4.78 is 0. The highest BCUT2D eigenvalue weighted by Gasteiger charge is 2.15. The third kappa shape index (κ3) is 3.79. The summed E-state index contributed by atoms with van der Waals surface area (Å²) in [6, 6.07) is 0.775. The van der Waals surface area contributed by atoms with Crippen LogP contribution in [-0.2, 0) is 19.3 Å². The number of fused-ring (bicyclic) bond motifs is 1. The maximum Gasteiger partial charge on any atom is 0.0943 e. The van der Waals surface area contributed by atoms with Crippen molar-refractivity contribution in [1.82, 2.24) is 10.3 Å². The average Bonchev–Trinajstić information content (AvgIpc) is 2.66. The first-order valence-electron chi connectivity index (χ1n) is 8.12. The highest BCUT2D eigenvalue weighted by atomic mass is 32.1. The summed E-state index contributed by atoms with van der Waals surface area (Å²) in [5.41, 5.74) is 1.42. The third-order valence-electron chi connectivity index (χ3n) is 4.52. The Kier molecular flexibility index (Phi) is 4.89. The molecule has 0 aromatic carbocycles. The molecule has 1 fully saturated rings. The molecule has 1 N–H and O–H groups in total. The molecule has 3 heteroatoms. The normalized spacial score (nSPS) is 21.1. The maximum atomic E-state index is 4.83. The molecule has 0 aliphatic heterocycles. The Bertz CT molecular complexity index is 368. The second kappa shape index (κ2) is 6.85. The van der Waals surface area contributed by atoms with Crippen LogP contribution in [0.2, 0.25) is 0 Å². The first-order valence-corrected chi connectivity index (χ1v) is 8.94. The lowest BCUT2D eigenvalue weighted by molar-refractivity contribution is 0.463. The van der Waals surface area contributed by atoms with Gasteiger partial charge in [0.1, 0.15) is 0 Å². The van der Waals surface area contributed by atoms with E-state index in [9.17, 15) is 0 Å². The van der Waals surface area contributed by atoms with Crippen molar-refractivity contribution in [2.75, 3.05) is 6.54 Å². The summed E-state index contributed by atoms with van der Waals surface area (Å²) >= 11 is 1.97. The van der Waals surface area contributed by atoms with E-state index in [4.69, 9.17) is 4.98 Å². The molecule has 2 nitrogen and oxygen atoms in total. The molecule has 1 saturated carbocycles. The summed E-state index contributed by atoms with van der Waals surface area (Å²) in [5, 5.41) is 5.13. The quantitative estimate of drug-likeness (QED) is 0.846. The van der Waals surface area contributed by atoms with E-state index in [0.29, 0.717) is 0 Å². The molecule has 0 spiro atoms. The summed E-state index contributed by atoms with van der Waals surface area (Å²) in [5.74, 6) is 0. The Labute approximate surface area is 121 Å². The molecule has 2 aliphatic rings. The number of aryl methyl sites for hydroxylation is 2. The summed E-state index contributed by atoms with van der Waals surface area (Å²) in [6.07, 6.45) is 14.8. The Hall–Kier alpha value is -0.410. The fourth-order valence-electron chi connectivity index (χ4n) is 3.38. The molecular weight excluding hydrogens is 252 g/mol. The molecule has 106 valence electrons. The van der Waals surface area contributed by atoms with Crippen molar-refractivity contribution in [3.8, 4) is 0 Å². The van der Waals surface area contributed by atoms with Gasteiger partial charge >= 0.3 is 0 Å². The summed E-state index contributed by atoms with van der Waals surface area (Å²) in [7, 11) is 0. The topological polar surface area (TPSA) is 24.9 Å². The van der Waals surface area contributed by atoms with Gasteiger partial charge in [0, 0.05) is 23.9 Å². The molecule has 0 amide bonds. The summed E-state index contributed by atoms with van der Waals surface area (Å²) in [4.78, 5) is 6.41. The first-order chi connectivity index (χ1) is 9.42. The summed E-state index contributed by atoms with van der Waals surface area (Å²) in [6.45, 7) is 1.12. The number of nitrogens with one attached hydrogen (secondary N) is 1. The Morgan fingerprint density at radius 2 is 1.79 bits per heavy atom. The van der Waals surface area contributed by atoms with Gasteiger partial charge in [-0.25, -0.2) is 4.98 Å². The van der Waals surface area contributed by atoms with Gasteiger partial charge in [-0.2, -0.15) is 0 Å². The molecule has 0 unspecified atom stereocenters. The van der Waals surface area contributed by atoms with Crippen LogP contribution in [0.1, 0.15) is 66.9 Å². The molecule has 0 atom stereocenters. The minimum atomic E-state index is 0.775. The predicted molar refractivity (Wildman–Crippen MR) is 82.0 cm³/mol. The number of thiazole rings is 1. The zero-order chi connectivity index (χ0) is 12.9. The van der Waals surface area contributed by atoms with Gasteiger partial charge in [-0.15, -0.1) is 11.3 Å². The van der Waals surface area contributed by atoms with Crippen molar-refractivity contribution >= 4 is 11.3 Å². The van der Waals surface area contributed by atoms with Gasteiger partial charge < -0.3 is 5.32 Å². The van der Waals surface area contributed by atoms with E-state index < -0.39 is 0 Å². The standard InChI is InChI=1S/C16H26N2S/c1-2-4-8-13(7-3-1)17-12-11-16-18-14-9-5-6-10-15(14)19-16/h13,17H,1-12H2. The van der Waals surface area contributed by atoms with Crippen LogP contribution in [-0.4, -0.2) is 17.6 Å². The molecule has 19 heavy (non-hydrogen) atoms. The van der Waals surface area contributed by atoms with Gasteiger partial charge in [0.05, 0.1) is 10.7 Å². The fourth-order valence-corrected chi connectivity index (χ4v) is 4.54. The van der Waals surface area contributed by atoms with Crippen LogP contribution >= 0.6 is 11.3 Å². The molecule has 3 rings (SSSR count). The third-order valence-corrected chi connectivity index (χ3v) is 5.73. The minimum Gasteiger partial charge on any atom is -0.314 e. The van der Waals surface area contributed by atoms with Crippen molar-refractivity contribution in [1.29, 1.82) is 0 Å². The van der Waals surface area contributed by atoms with Crippen molar-refractivity contribution in [3.05, 3.63) is 15.6 Å². The number of aromatic nitrogens is 1. The van der Waals surface area contributed by atoms with Gasteiger partial charge in [0.15, 0.2) is 0 Å². The number of hydrogen-bond donors (Lipinski definition) is 1. The molecule has 1 aromatic heterocycles. The smallest absolute Gasteiger partial charge is 0.0943 e. The van der Waals surface area contributed by atoms with Crippen molar-refractivity contribution in [2.45, 2.75) is 76.7 Å². The van der Waals surface area contributed by atoms with Gasteiger partial charge in [0.25, 0.3) is 0 Å². The van der Waals surface area contributed by atoms with Gasteiger partial charge in [-0.05, 0) is 38.5 Å². The van der Waals surface area contributed by atoms with Crippen molar-refractivity contribution in [2.24, 2.45) is 0 Å². The Morgan fingerprint density at radius 3 is 2.58 bits per heavy atom. The molecule has 1 heterocycles. The predicted octanol–water partition coefficient (Wildman–Crippen LogP) is 3.88. The molecule has 2 aliphatic carbocycles. The Morgan fingerprint density at radius 1 is 1.00 bits per heavy atom. The first kappa shape index (κ1) is 13.6. The highest BCUT2D eigenvalue weighted by Crippen LogP contribution is 2.26. The lowest BCUT2D eigenvalue weighted by Gasteiger charge is -2.15. The van der Waals surface area contributed by atoms with Crippen molar-refractivity contribution in [3.63, 3.8) is 0 Å². The van der Waals surface area contributed by atoms with E-state index in [1.54, 1.807) is 4.88 Å². The van der Waals surface area contributed by atoms with Crippen LogP contribution in [0.4, 0.5) is 0 Å². The van der Waals surface area contributed by atoms with Crippen LogP contribution in [0.5, 0.6) is 0 Å². The number of hydrogen-bond acceptors (Lipinski definition) is 3. The monoisotopic (exact) mass is 278 g/mol. The molecule has 1 aromatic rings. The lowest BCUT2D eigenvalue weighted by atomic mass is 10.0. The second-order valence-electron chi connectivity index (χ2n) is 6.08. The van der Waals surface area contributed by atoms with Gasteiger partial charge in [0.2, 0.25) is 0 Å². The van der Waals surface area contributed by atoms with Crippen LogP contribution < -0.4 is 5.32 Å². The van der Waals surface area contributed by atoms with Crippen LogP contribution in [0.15, 0.2) is 0 Å². The maximum absolute atomic E-state index is 4.83. The molecule has 0 saturated heterocycles. The van der Waals surface area contributed by atoms with Gasteiger partial charge in [-0.1, -0.05) is 25.7 Å². The zero-order valence-corrected chi connectivity index (χ0v) is 12.7. The van der Waals surface area contributed by atoms with E-state index in [1.807, 2.05) is 11.3 Å². The second-order valence-corrected chi connectivity index (χ2v) is 7.25. The SMILES string of the molecule is C1CCCC(NCCc2nc3c(s2)CCCC3)CC1. The molecular formula is C16H26N2S. The van der Waals surface area contributed by atoms with E-state index in [2.05, 4.69) is 5.32 Å². The molecule has 0 radical (unpaired) electrons. The fraction of sp³-hybridized carbons (Fsp3) is 0.812. The number of nitrogens with zero attached hydrogens (tertiary/aromatic N) is 1. The van der Waals surface area contributed by atoms with Crippen LogP contribution in [0, 0.1) is 0 Å². The van der Waals surface area contributed by atoms with E-state index in [-0.39, 0.29) is 0 Å². The van der Waals surface area contributed by atoms with E-state index >= 15 is 0 Å². The zero-order valence-electron chi connectivity index (χ0n) is 11.9. The van der Waals surface area contributed by atoms with Crippen LogP contribution in [0.25, 0.3) is 0 Å². The van der Waals surface area contributed by atoms with E-state index in [1.165, 1.54) is 74.9 Å². The average molecular weight is 278 g/mol. The van der Waals surface area contributed by atoms with Crippen LogP contribution in [0.3, 0.4) is 0 Å². The highest BCUT2D eigenvalue weighted by molar-refractivity contribution is 7.11. The lowest BCUT2D eigenvalue weighted by Crippen LogP contribution is -2.30. The largest absolute Gasteiger partial charge is 0.314 e. The van der Waals surface area contributed by atoms with E-state index in [0.717, 1.165) is 19.0 Å². The van der Waals surface area contributed by atoms with Gasteiger partial charge in [-0.3, -0.25) is 0 Å². The molecule has 0 bridgehead atoms. The minimum absolute atomic E-state index is 0.775. The number of rotatable bonds is 4. The Balaban J connectivity index is 1.45. The van der Waals surface area contributed by atoms with Crippen molar-refractivity contribution < 1.29 is 0 Å².